The predicted octanol–water partition coefficient (Wildman–Crippen LogP) is 2.43. The fourth-order valence-corrected chi connectivity index (χ4v) is 2.97. The molecule has 17 heavy (non-hydrogen) atoms. The average Bonchev–Trinajstić information content (AvgIpc) is 3.08. The quantitative estimate of drug-likeness (QED) is 0.750. The van der Waals surface area contributed by atoms with E-state index in [-0.39, 0.29) is 17.6 Å². The van der Waals surface area contributed by atoms with Gasteiger partial charge in [0, 0.05) is 24.3 Å². The number of alkyl halides is 1. The molecule has 0 radical (unpaired) electrons. The Balaban J connectivity index is 2.01. The normalized spacial score (nSPS) is 30.1. The van der Waals surface area contributed by atoms with E-state index >= 15 is 0 Å². The molecule has 1 heterocycles. The third kappa shape index (κ3) is 3.22. The van der Waals surface area contributed by atoms with Gasteiger partial charge in [-0.1, -0.05) is 22.9 Å². The number of carbonyl (C=O) groups excluding carboxylic acids is 1. The van der Waals surface area contributed by atoms with Crippen molar-refractivity contribution in [1.82, 2.24) is 4.90 Å². The molecule has 0 bridgehead atoms. The van der Waals surface area contributed by atoms with Crippen molar-refractivity contribution in [1.29, 1.82) is 0 Å². The van der Waals surface area contributed by atoms with Gasteiger partial charge in [0.15, 0.2) is 0 Å². The summed E-state index contributed by atoms with van der Waals surface area (Å²) in [4.78, 5) is 14.4. The van der Waals surface area contributed by atoms with Crippen LogP contribution in [0.2, 0.25) is 0 Å². The van der Waals surface area contributed by atoms with E-state index in [2.05, 4.69) is 36.7 Å². The van der Waals surface area contributed by atoms with Crippen LogP contribution in [0.1, 0.15) is 33.6 Å². The molecule has 4 heteroatoms. The van der Waals surface area contributed by atoms with Crippen LogP contribution in [0.4, 0.5) is 0 Å². The molecule has 0 aromatic carbocycles. The Kier molecular flexibility index (Phi) is 3.83. The minimum absolute atomic E-state index is 0.120. The molecule has 3 nitrogen and oxygen atoms in total. The molecule has 0 N–H and O–H groups in total. The number of nitrogens with zero attached hydrogens (tertiary/aromatic N) is 1. The van der Waals surface area contributed by atoms with E-state index in [4.69, 9.17) is 4.74 Å². The van der Waals surface area contributed by atoms with E-state index < -0.39 is 0 Å². The van der Waals surface area contributed by atoms with Gasteiger partial charge in [-0.15, -0.1) is 0 Å². The molecule has 0 spiro atoms. The van der Waals surface area contributed by atoms with E-state index in [0.29, 0.717) is 18.4 Å². The second-order valence-electron chi connectivity index (χ2n) is 6.00. The molecular weight excluding hydrogens is 282 g/mol. The zero-order valence-electron chi connectivity index (χ0n) is 10.9. The summed E-state index contributed by atoms with van der Waals surface area (Å²) in [5, 5.41) is 0.790. The van der Waals surface area contributed by atoms with Gasteiger partial charge >= 0.3 is 0 Å². The maximum Gasteiger partial charge on any atom is 0.225 e. The summed E-state index contributed by atoms with van der Waals surface area (Å²) in [6.45, 7) is 7.64. The first kappa shape index (κ1) is 13.3. The molecule has 1 saturated carbocycles. The highest BCUT2D eigenvalue weighted by Crippen LogP contribution is 2.38. The van der Waals surface area contributed by atoms with Gasteiger partial charge < -0.3 is 9.64 Å². The number of ether oxygens (including phenoxy) is 1. The lowest BCUT2D eigenvalue weighted by atomic mass is 10.0. The highest BCUT2D eigenvalue weighted by Gasteiger charge is 2.40. The van der Waals surface area contributed by atoms with Crippen molar-refractivity contribution in [3.63, 3.8) is 0 Å². The van der Waals surface area contributed by atoms with E-state index in [1.807, 2.05) is 4.90 Å². The minimum Gasteiger partial charge on any atom is -0.368 e. The predicted molar refractivity (Wildman–Crippen MR) is 71.2 cm³/mol. The summed E-state index contributed by atoms with van der Waals surface area (Å²) in [7, 11) is 0. The molecule has 1 saturated heterocycles. The van der Waals surface area contributed by atoms with Gasteiger partial charge in [-0.2, -0.15) is 0 Å². The minimum atomic E-state index is -0.227. The second-order valence-corrected chi connectivity index (χ2v) is 6.65. The number of carbonyl (C=O) groups is 1. The molecule has 2 atom stereocenters. The van der Waals surface area contributed by atoms with Crippen molar-refractivity contribution in [2.24, 2.45) is 11.8 Å². The van der Waals surface area contributed by atoms with E-state index in [0.717, 1.165) is 11.9 Å². The van der Waals surface area contributed by atoms with Crippen LogP contribution in [0.5, 0.6) is 0 Å². The smallest absolute Gasteiger partial charge is 0.225 e. The fraction of sp³-hybridized carbons (Fsp3) is 0.923. The molecule has 1 aliphatic heterocycles. The van der Waals surface area contributed by atoms with Gasteiger partial charge in [-0.05, 0) is 32.6 Å². The second kappa shape index (κ2) is 4.88. The Morgan fingerprint density at radius 2 is 2.18 bits per heavy atom. The maximum absolute atomic E-state index is 12.4. The van der Waals surface area contributed by atoms with Crippen molar-refractivity contribution < 1.29 is 9.53 Å². The van der Waals surface area contributed by atoms with Crippen LogP contribution in [-0.4, -0.2) is 40.9 Å². The topological polar surface area (TPSA) is 29.5 Å². The number of morpholine rings is 1. The lowest BCUT2D eigenvalue weighted by Crippen LogP contribution is -2.56. The molecule has 98 valence electrons. The van der Waals surface area contributed by atoms with Gasteiger partial charge in [0.25, 0.3) is 0 Å². The Labute approximate surface area is 112 Å². The van der Waals surface area contributed by atoms with Crippen molar-refractivity contribution in [3.8, 4) is 0 Å². The molecule has 1 aliphatic carbocycles. The number of rotatable bonds is 3. The molecule has 2 rings (SSSR count). The van der Waals surface area contributed by atoms with Gasteiger partial charge in [0.1, 0.15) is 0 Å². The summed E-state index contributed by atoms with van der Waals surface area (Å²) >= 11 is 3.45. The number of halogens is 1. The standard InChI is InChI=1S/C13H22BrNO2/c1-9(10-4-5-10)12(16)15-7-11(6-14)17-13(2,3)8-15/h9-11H,4-8H2,1-3H3. The lowest BCUT2D eigenvalue weighted by molar-refractivity contribution is -0.160. The molecule has 2 fully saturated rings. The summed E-state index contributed by atoms with van der Waals surface area (Å²) in [6.07, 6.45) is 2.57. The third-order valence-electron chi connectivity index (χ3n) is 3.68. The molecule has 0 aromatic heterocycles. The van der Waals surface area contributed by atoms with Crippen molar-refractivity contribution in [2.45, 2.75) is 45.3 Å². The van der Waals surface area contributed by atoms with Crippen molar-refractivity contribution >= 4 is 21.8 Å². The highest BCUT2D eigenvalue weighted by atomic mass is 79.9. The van der Waals surface area contributed by atoms with E-state index in [1.165, 1.54) is 12.8 Å². The van der Waals surface area contributed by atoms with E-state index in [1.54, 1.807) is 0 Å². The first-order chi connectivity index (χ1) is 7.93. The van der Waals surface area contributed by atoms with Crippen LogP contribution >= 0.6 is 15.9 Å². The van der Waals surface area contributed by atoms with E-state index in [9.17, 15) is 4.79 Å². The SMILES string of the molecule is CC(C(=O)N1CC(CBr)OC(C)(C)C1)C1CC1. The Hall–Kier alpha value is -0.0900. The van der Waals surface area contributed by atoms with Crippen LogP contribution in [0, 0.1) is 11.8 Å². The summed E-state index contributed by atoms with van der Waals surface area (Å²) in [5.74, 6) is 1.14. The van der Waals surface area contributed by atoms with Crippen LogP contribution in [-0.2, 0) is 9.53 Å². The zero-order valence-corrected chi connectivity index (χ0v) is 12.5. The zero-order chi connectivity index (χ0) is 12.6. The van der Waals surface area contributed by atoms with Gasteiger partial charge in [0.05, 0.1) is 11.7 Å². The Bertz CT molecular complexity index is 302. The van der Waals surface area contributed by atoms with Gasteiger partial charge in [-0.25, -0.2) is 0 Å². The van der Waals surface area contributed by atoms with Gasteiger partial charge in [-0.3, -0.25) is 4.79 Å². The molecule has 0 aromatic rings. The summed E-state index contributed by atoms with van der Waals surface area (Å²) in [5.41, 5.74) is -0.227. The van der Waals surface area contributed by atoms with Crippen LogP contribution in [0.25, 0.3) is 0 Å². The van der Waals surface area contributed by atoms with Crippen LogP contribution in [0.3, 0.4) is 0 Å². The summed E-state index contributed by atoms with van der Waals surface area (Å²) < 4.78 is 5.92. The number of hydrogen-bond donors (Lipinski definition) is 0. The molecule has 1 amide bonds. The van der Waals surface area contributed by atoms with Crippen molar-refractivity contribution in [3.05, 3.63) is 0 Å². The molecule has 2 aliphatic rings. The Morgan fingerprint density at radius 3 is 2.71 bits per heavy atom. The van der Waals surface area contributed by atoms with Crippen LogP contribution in [0.15, 0.2) is 0 Å². The number of amides is 1. The van der Waals surface area contributed by atoms with Crippen molar-refractivity contribution in [2.75, 3.05) is 18.4 Å². The summed E-state index contributed by atoms with van der Waals surface area (Å²) in [6, 6.07) is 0. The fourth-order valence-electron chi connectivity index (χ4n) is 2.63. The monoisotopic (exact) mass is 303 g/mol. The lowest BCUT2D eigenvalue weighted by Gasteiger charge is -2.43. The Morgan fingerprint density at radius 1 is 1.53 bits per heavy atom. The maximum atomic E-state index is 12.4. The third-order valence-corrected chi connectivity index (χ3v) is 4.41. The molecule has 2 unspecified atom stereocenters. The first-order valence-electron chi connectivity index (χ1n) is 6.45. The average molecular weight is 304 g/mol. The molecular formula is C13H22BrNO2. The highest BCUT2D eigenvalue weighted by molar-refractivity contribution is 9.09. The van der Waals surface area contributed by atoms with Crippen LogP contribution < -0.4 is 0 Å². The number of hydrogen-bond acceptors (Lipinski definition) is 2. The first-order valence-corrected chi connectivity index (χ1v) is 7.57. The van der Waals surface area contributed by atoms with Gasteiger partial charge in [0.2, 0.25) is 5.91 Å². The largest absolute Gasteiger partial charge is 0.368 e.